The van der Waals surface area contributed by atoms with Crippen molar-refractivity contribution in [3.63, 3.8) is 0 Å². The minimum atomic E-state index is 0.919. The van der Waals surface area contributed by atoms with Crippen molar-refractivity contribution in [1.29, 1.82) is 0 Å². The van der Waals surface area contributed by atoms with Crippen molar-refractivity contribution in [3.05, 3.63) is 41.7 Å². The molecule has 0 saturated carbocycles. The van der Waals surface area contributed by atoms with Crippen molar-refractivity contribution in [3.8, 4) is 0 Å². The molecule has 1 aromatic heterocycles. The maximum Gasteiger partial charge on any atom is 0.0584 e. The van der Waals surface area contributed by atoms with E-state index in [2.05, 4.69) is 29.2 Å². The third kappa shape index (κ3) is 2.43. The Morgan fingerprint density at radius 2 is 2.21 bits per heavy atom. The molecule has 4 heteroatoms. The molecular formula is C15H20N4. The van der Waals surface area contributed by atoms with E-state index in [-0.39, 0.29) is 0 Å². The number of aryl methyl sites for hydroxylation is 1. The summed E-state index contributed by atoms with van der Waals surface area (Å²) in [7, 11) is 0. The number of hydrogen-bond donors (Lipinski definition) is 1. The summed E-state index contributed by atoms with van der Waals surface area (Å²) >= 11 is 0. The highest BCUT2D eigenvalue weighted by Gasteiger charge is 2.18. The summed E-state index contributed by atoms with van der Waals surface area (Å²) in [4.78, 5) is 2.42. The van der Waals surface area contributed by atoms with Crippen LogP contribution in [0.5, 0.6) is 0 Å². The van der Waals surface area contributed by atoms with Gasteiger partial charge in [-0.1, -0.05) is 6.07 Å². The maximum absolute atomic E-state index is 6.07. The molecular weight excluding hydrogens is 236 g/mol. The lowest BCUT2D eigenvalue weighted by atomic mass is 10.00. The number of fused-ring (bicyclic) bond motifs is 1. The van der Waals surface area contributed by atoms with Crippen LogP contribution in [0.15, 0.2) is 30.6 Å². The largest absolute Gasteiger partial charge is 0.398 e. The Bertz CT molecular complexity index is 573. The van der Waals surface area contributed by atoms with E-state index in [1.165, 1.54) is 23.2 Å². The van der Waals surface area contributed by atoms with Gasteiger partial charge in [0.25, 0.3) is 0 Å². The summed E-state index contributed by atoms with van der Waals surface area (Å²) in [5.41, 5.74) is 10.8. The molecule has 1 aliphatic rings. The predicted molar refractivity (Wildman–Crippen MR) is 78.4 cm³/mol. The number of benzene rings is 1. The minimum absolute atomic E-state index is 0.919. The number of aromatic nitrogens is 2. The molecule has 0 fully saturated rings. The molecule has 1 aliphatic heterocycles. The van der Waals surface area contributed by atoms with E-state index in [9.17, 15) is 0 Å². The second-order valence-corrected chi connectivity index (χ2v) is 5.22. The van der Waals surface area contributed by atoms with Gasteiger partial charge in [0.05, 0.1) is 12.7 Å². The number of hydrogen-bond acceptors (Lipinski definition) is 3. The molecule has 2 N–H and O–H groups in total. The second-order valence-electron chi connectivity index (χ2n) is 5.22. The van der Waals surface area contributed by atoms with Gasteiger partial charge in [-0.2, -0.15) is 5.10 Å². The zero-order valence-corrected chi connectivity index (χ0v) is 11.3. The van der Waals surface area contributed by atoms with Crippen molar-refractivity contribution in [2.75, 3.05) is 23.7 Å². The number of anilines is 2. The lowest BCUT2D eigenvalue weighted by Crippen LogP contribution is -2.32. The van der Waals surface area contributed by atoms with Gasteiger partial charge in [-0.15, -0.1) is 0 Å². The van der Waals surface area contributed by atoms with Gasteiger partial charge in [-0.3, -0.25) is 4.68 Å². The van der Waals surface area contributed by atoms with Crippen molar-refractivity contribution < 1.29 is 0 Å². The van der Waals surface area contributed by atoms with E-state index in [1.54, 1.807) is 0 Å². The molecule has 2 heterocycles. The normalized spacial score (nSPS) is 14.5. The fourth-order valence-corrected chi connectivity index (χ4v) is 2.77. The van der Waals surface area contributed by atoms with E-state index in [4.69, 9.17) is 5.73 Å². The number of nitrogens with two attached hydrogens (primary N) is 1. The summed E-state index contributed by atoms with van der Waals surface area (Å²) < 4.78 is 2.01. The smallest absolute Gasteiger partial charge is 0.0584 e. The number of nitrogen functional groups attached to an aromatic ring is 1. The predicted octanol–water partition coefficient (Wildman–Crippen LogP) is 2.23. The summed E-state index contributed by atoms with van der Waals surface area (Å²) in [6.07, 6.45) is 6.27. The van der Waals surface area contributed by atoms with Gasteiger partial charge in [-0.25, -0.2) is 0 Å². The zero-order valence-electron chi connectivity index (χ0n) is 11.3. The van der Waals surface area contributed by atoms with E-state index in [1.807, 2.05) is 23.0 Å². The Morgan fingerprint density at radius 3 is 3.00 bits per heavy atom. The first-order valence-corrected chi connectivity index (χ1v) is 6.85. The van der Waals surface area contributed by atoms with Crippen LogP contribution >= 0.6 is 0 Å². The summed E-state index contributed by atoms with van der Waals surface area (Å²) in [6, 6.07) is 6.23. The third-order valence-corrected chi connectivity index (χ3v) is 3.74. The van der Waals surface area contributed by atoms with Gasteiger partial charge in [0.1, 0.15) is 0 Å². The average Bonchev–Trinajstić information content (AvgIpc) is 2.83. The SMILES string of the molecule is Cc1cnn(CCN2CCCc3c(N)cccc32)c1. The van der Waals surface area contributed by atoms with Crippen LogP contribution in [-0.2, 0) is 13.0 Å². The van der Waals surface area contributed by atoms with E-state index >= 15 is 0 Å². The lowest BCUT2D eigenvalue weighted by molar-refractivity contribution is 0.579. The van der Waals surface area contributed by atoms with Crippen molar-refractivity contribution >= 4 is 11.4 Å². The molecule has 2 aromatic rings. The van der Waals surface area contributed by atoms with E-state index < -0.39 is 0 Å². The van der Waals surface area contributed by atoms with Crippen LogP contribution < -0.4 is 10.6 Å². The van der Waals surface area contributed by atoms with Crippen LogP contribution in [0.4, 0.5) is 11.4 Å². The maximum atomic E-state index is 6.07. The van der Waals surface area contributed by atoms with Crippen molar-refractivity contribution in [2.24, 2.45) is 0 Å². The van der Waals surface area contributed by atoms with Crippen LogP contribution in [0.3, 0.4) is 0 Å². The van der Waals surface area contributed by atoms with Crippen LogP contribution in [0.25, 0.3) is 0 Å². The Morgan fingerprint density at radius 1 is 1.32 bits per heavy atom. The molecule has 0 bridgehead atoms. The van der Waals surface area contributed by atoms with Gasteiger partial charge < -0.3 is 10.6 Å². The van der Waals surface area contributed by atoms with Gasteiger partial charge in [0.15, 0.2) is 0 Å². The quantitative estimate of drug-likeness (QED) is 0.857. The molecule has 0 radical (unpaired) electrons. The first-order chi connectivity index (χ1) is 9.24. The molecule has 1 aromatic carbocycles. The van der Waals surface area contributed by atoms with Gasteiger partial charge in [-0.05, 0) is 43.0 Å². The van der Waals surface area contributed by atoms with Crippen LogP contribution in [0.1, 0.15) is 17.5 Å². The van der Waals surface area contributed by atoms with Crippen molar-refractivity contribution in [2.45, 2.75) is 26.3 Å². The molecule has 0 amide bonds. The Hall–Kier alpha value is -1.97. The second kappa shape index (κ2) is 4.96. The highest BCUT2D eigenvalue weighted by atomic mass is 15.3. The molecule has 0 aliphatic carbocycles. The topological polar surface area (TPSA) is 47.1 Å². The van der Waals surface area contributed by atoms with E-state index in [0.29, 0.717) is 0 Å². The molecule has 0 spiro atoms. The van der Waals surface area contributed by atoms with Gasteiger partial charge in [0, 0.05) is 30.7 Å². The van der Waals surface area contributed by atoms with E-state index in [0.717, 1.165) is 31.7 Å². The number of rotatable bonds is 3. The van der Waals surface area contributed by atoms with Crippen molar-refractivity contribution in [1.82, 2.24) is 9.78 Å². The summed E-state index contributed by atoms with van der Waals surface area (Å²) in [5.74, 6) is 0. The van der Waals surface area contributed by atoms with Gasteiger partial charge >= 0.3 is 0 Å². The lowest BCUT2D eigenvalue weighted by Gasteiger charge is -2.32. The molecule has 0 saturated heterocycles. The fraction of sp³-hybridized carbons (Fsp3) is 0.400. The fourth-order valence-electron chi connectivity index (χ4n) is 2.77. The first-order valence-electron chi connectivity index (χ1n) is 6.85. The first kappa shape index (κ1) is 12.1. The monoisotopic (exact) mass is 256 g/mol. The standard InChI is InChI=1S/C15H20N4/c1-12-10-17-19(11-12)9-8-18-7-3-4-13-14(16)5-2-6-15(13)18/h2,5-6,10-11H,3-4,7-9,16H2,1H3. The highest BCUT2D eigenvalue weighted by Crippen LogP contribution is 2.30. The molecule has 4 nitrogen and oxygen atoms in total. The zero-order chi connectivity index (χ0) is 13.2. The molecule has 100 valence electrons. The van der Waals surface area contributed by atoms with Gasteiger partial charge in [0.2, 0.25) is 0 Å². The third-order valence-electron chi connectivity index (χ3n) is 3.74. The minimum Gasteiger partial charge on any atom is -0.398 e. The summed E-state index contributed by atoms with van der Waals surface area (Å²) in [5, 5.41) is 4.34. The molecule has 0 unspecified atom stereocenters. The Balaban J connectivity index is 1.75. The number of nitrogens with zero attached hydrogens (tertiary/aromatic N) is 3. The Labute approximate surface area is 113 Å². The van der Waals surface area contributed by atoms with Crippen LogP contribution in [0.2, 0.25) is 0 Å². The molecule has 3 rings (SSSR count). The van der Waals surface area contributed by atoms with Crippen LogP contribution in [-0.4, -0.2) is 22.9 Å². The average molecular weight is 256 g/mol. The van der Waals surface area contributed by atoms with Crippen LogP contribution in [0, 0.1) is 6.92 Å². The highest BCUT2D eigenvalue weighted by molar-refractivity contribution is 5.66. The molecule has 0 atom stereocenters. The molecule has 19 heavy (non-hydrogen) atoms. The Kier molecular flexibility index (Phi) is 3.15. The summed E-state index contributed by atoms with van der Waals surface area (Å²) in [6.45, 7) is 5.08.